The molecule has 0 unspecified atom stereocenters. The maximum absolute atomic E-state index is 12.6. The van der Waals surface area contributed by atoms with Crippen LogP contribution in [0.15, 0.2) is 84.9 Å². The van der Waals surface area contributed by atoms with Crippen molar-refractivity contribution in [3.63, 3.8) is 0 Å². The largest absolute Gasteiger partial charge is 0.289 e. The van der Waals surface area contributed by atoms with Gasteiger partial charge in [-0.3, -0.25) is 4.79 Å². The van der Waals surface area contributed by atoms with Crippen LogP contribution >= 0.6 is 0 Å². The Morgan fingerprint density at radius 1 is 0.769 bits per heavy atom. The summed E-state index contributed by atoms with van der Waals surface area (Å²) < 4.78 is 0. The van der Waals surface area contributed by atoms with Crippen LogP contribution in [-0.4, -0.2) is 5.78 Å². The maximum atomic E-state index is 12.6. The first-order valence-electron chi connectivity index (χ1n) is 8.15. The highest BCUT2D eigenvalue weighted by Crippen LogP contribution is 2.12. The van der Waals surface area contributed by atoms with Crippen LogP contribution in [-0.2, 0) is 0 Å². The first kappa shape index (κ1) is 17.0. The maximum Gasteiger partial charge on any atom is 0.187 e. The predicted molar refractivity (Wildman–Crippen MR) is 103 cm³/mol. The van der Waals surface area contributed by atoms with Gasteiger partial charge >= 0.3 is 0 Å². The Morgan fingerprint density at radius 2 is 1.46 bits per heavy atom. The summed E-state index contributed by atoms with van der Waals surface area (Å²) in [5.74, 6) is 6.06. The van der Waals surface area contributed by atoms with Gasteiger partial charge in [0.25, 0.3) is 0 Å². The number of rotatable bonds is 3. The van der Waals surface area contributed by atoms with Crippen molar-refractivity contribution in [1.82, 2.24) is 0 Å². The van der Waals surface area contributed by atoms with Crippen LogP contribution in [0.1, 0.15) is 32.6 Å². The van der Waals surface area contributed by atoms with Crippen molar-refractivity contribution in [2.45, 2.75) is 0 Å². The van der Waals surface area contributed by atoms with E-state index in [-0.39, 0.29) is 5.78 Å². The van der Waals surface area contributed by atoms with Crippen molar-refractivity contribution in [1.29, 1.82) is 5.26 Å². The molecule has 26 heavy (non-hydrogen) atoms. The lowest BCUT2D eigenvalue weighted by Crippen LogP contribution is -1.98. The second-order valence-corrected chi connectivity index (χ2v) is 5.59. The molecule has 0 aromatic heterocycles. The Labute approximate surface area is 153 Å². The summed E-state index contributed by atoms with van der Waals surface area (Å²) in [6.45, 7) is 0. The molecule has 0 heterocycles. The van der Waals surface area contributed by atoms with Crippen LogP contribution < -0.4 is 0 Å². The molecule has 2 heteroatoms. The van der Waals surface area contributed by atoms with Crippen LogP contribution in [0.4, 0.5) is 0 Å². The van der Waals surface area contributed by atoms with Gasteiger partial charge in [-0.2, -0.15) is 5.26 Å². The first-order chi connectivity index (χ1) is 12.8. The fourth-order valence-corrected chi connectivity index (χ4v) is 2.40. The summed E-state index contributed by atoms with van der Waals surface area (Å²) in [5.41, 5.74) is 3.63. The molecule has 3 rings (SSSR count). The molecule has 0 aliphatic rings. The number of ketones is 1. The van der Waals surface area contributed by atoms with Gasteiger partial charge in [-0.1, -0.05) is 60.4 Å². The number of hydrogen-bond donors (Lipinski definition) is 0. The number of nitrogens with zero attached hydrogens (tertiary/aromatic N) is 1. The molecular weight excluding hydrogens is 318 g/mol. The van der Waals surface area contributed by atoms with Gasteiger partial charge in [0.15, 0.2) is 5.78 Å². The minimum absolute atomic E-state index is 0.104. The molecule has 0 aliphatic heterocycles. The number of benzene rings is 3. The van der Waals surface area contributed by atoms with Crippen molar-refractivity contribution in [2.75, 3.05) is 0 Å². The third-order valence-corrected chi connectivity index (χ3v) is 3.77. The van der Waals surface area contributed by atoms with E-state index in [9.17, 15) is 4.79 Å². The van der Waals surface area contributed by atoms with E-state index in [1.165, 1.54) is 6.08 Å². The third kappa shape index (κ3) is 4.35. The molecule has 0 amide bonds. The molecule has 0 spiro atoms. The summed E-state index contributed by atoms with van der Waals surface area (Å²) in [7, 11) is 0. The standard InChI is InChI=1S/C24H15NO/c25-18-21-12-10-20(11-13-21)15-17-24(26)23-9-5-4-8-22(23)16-14-19-6-2-1-3-7-19/h1-13,15,17H. The van der Waals surface area contributed by atoms with Gasteiger partial charge in [0.05, 0.1) is 11.6 Å². The molecule has 0 aliphatic carbocycles. The fourth-order valence-electron chi connectivity index (χ4n) is 2.40. The Balaban J connectivity index is 1.83. The zero-order chi connectivity index (χ0) is 18.2. The SMILES string of the molecule is N#Cc1ccc(C=CC(=O)c2ccccc2C#Cc2ccccc2)cc1. The molecule has 0 saturated heterocycles. The number of hydrogen-bond acceptors (Lipinski definition) is 2. The van der Waals surface area contributed by atoms with E-state index in [1.54, 1.807) is 24.3 Å². The highest BCUT2D eigenvalue weighted by Gasteiger charge is 2.06. The van der Waals surface area contributed by atoms with E-state index in [4.69, 9.17) is 5.26 Å². The van der Waals surface area contributed by atoms with E-state index in [1.807, 2.05) is 60.7 Å². The normalized spacial score (nSPS) is 9.96. The lowest BCUT2D eigenvalue weighted by molar-refractivity contribution is 0.104. The molecule has 2 nitrogen and oxygen atoms in total. The molecule has 0 saturated carbocycles. The number of carbonyl (C=O) groups is 1. The summed E-state index contributed by atoms with van der Waals surface area (Å²) >= 11 is 0. The number of nitriles is 1. The van der Waals surface area contributed by atoms with Crippen LogP contribution in [0.2, 0.25) is 0 Å². The Bertz CT molecular complexity index is 1040. The number of allylic oxidation sites excluding steroid dienone is 1. The highest BCUT2D eigenvalue weighted by molar-refractivity contribution is 6.08. The molecule has 3 aromatic rings. The molecule has 122 valence electrons. The lowest BCUT2D eigenvalue weighted by Gasteiger charge is -2.00. The van der Waals surface area contributed by atoms with Gasteiger partial charge in [0, 0.05) is 16.7 Å². The molecule has 0 atom stereocenters. The molecule has 3 aromatic carbocycles. The summed E-state index contributed by atoms with van der Waals surface area (Å²) in [5, 5.41) is 8.82. The summed E-state index contributed by atoms with van der Waals surface area (Å²) in [4.78, 5) is 12.6. The monoisotopic (exact) mass is 333 g/mol. The van der Waals surface area contributed by atoms with Crippen LogP contribution in [0.5, 0.6) is 0 Å². The second-order valence-electron chi connectivity index (χ2n) is 5.59. The smallest absolute Gasteiger partial charge is 0.187 e. The first-order valence-corrected chi connectivity index (χ1v) is 8.15. The predicted octanol–water partition coefficient (Wildman–Crippen LogP) is 4.85. The average Bonchev–Trinajstić information content (AvgIpc) is 2.72. The van der Waals surface area contributed by atoms with Crippen molar-refractivity contribution in [3.05, 3.63) is 113 Å². The minimum Gasteiger partial charge on any atom is -0.289 e. The van der Waals surface area contributed by atoms with Gasteiger partial charge in [0.2, 0.25) is 0 Å². The Morgan fingerprint density at radius 3 is 2.19 bits per heavy atom. The van der Waals surface area contributed by atoms with Crippen LogP contribution in [0.25, 0.3) is 6.08 Å². The topological polar surface area (TPSA) is 40.9 Å². The molecular formula is C24H15NO. The van der Waals surface area contributed by atoms with Gasteiger partial charge < -0.3 is 0 Å². The van der Waals surface area contributed by atoms with Gasteiger partial charge in [-0.15, -0.1) is 0 Å². The molecule has 0 radical (unpaired) electrons. The van der Waals surface area contributed by atoms with E-state index in [0.717, 1.165) is 11.1 Å². The minimum atomic E-state index is -0.104. The quantitative estimate of drug-likeness (QED) is 0.390. The van der Waals surface area contributed by atoms with Gasteiger partial charge in [-0.25, -0.2) is 0 Å². The summed E-state index contributed by atoms with van der Waals surface area (Å²) in [6.07, 6.45) is 3.27. The second kappa shape index (κ2) is 8.29. The van der Waals surface area contributed by atoms with E-state index >= 15 is 0 Å². The molecule has 0 fully saturated rings. The summed E-state index contributed by atoms with van der Waals surface area (Å²) in [6, 6.07) is 26.1. The van der Waals surface area contributed by atoms with E-state index in [2.05, 4.69) is 17.9 Å². The zero-order valence-corrected chi connectivity index (χ0v) is 14.0. The van der Waals surface area contributed by atoms with Gasteiger partial charge in [0.1, 0.15) is 0 Å². The van der Waals surface area contributed by atoms with E-state index < -0.39 is 0 Å². The van der Waals surface area contributed by atoms with Crippen molar-refractivity contribution >= 4 is 11.9 Å². The Hall–Kier alpha value is -3.88. The van der Waals surface area contributed by atoms with Gasteiger partial charge in [-0.05, 0) is 48.0 Å². The zero-order valence-electron chi connectivity index (χ0n) is 14.0. The molecule has 0 N–H and O–H groups in total. The van der Waals surface area contributed by atoms with Crippen LogP contribution in [0, 0.1) is 23.2 Å². The lowest BCUT2D eigenvalue weighted by atomic mass is 10.0. The highest BCUT2D eigenvalue weighted by atomic mass is 16.1. The average molecular weight is 333 g/mol. The molecule has 0 bridgehead atoms. The van der Waals surface area contributed by atoms with Crippen molar-refractivity contribution < 1.29 is 4.79 Å². The van der Waals surface area contributed by atoms with Crippen molar-refractivity contribution in [3.8, 4) is 17.9 Å². The van der Waals surface area contributed by atoms with Crippen molar-refractivity contribution in [2.24, 2.45) is 0 Å². The number of carbonyl (C=O) groups excluding carboxylic acids is 1. The Kier molecular flexibility index (Phi) is 5.41. The van der Waals surface area contributed by atoms with E-state index in [0.29, 0.717) is 16.7 Å². The third-order valence-electron chi connectivity index (χ3n) is 3.77. The fraction of sp³-hybridized carbons (Fsp3) is 0. The van der Waals surface area contributed by atoms with Crippen LogP contribution in [0.3, 0.4) is 0 Å².